The fourth-order valence-corrected chi connectivity index (χ4v) is 5.35. The number of piperidine rings is 1. The van der Waals surface area contributed by atoms with Gasteiger partial charge in [-0.25, -0.2) is 9.18 Å². The molecule has 2 fully saturated rings. The van der Waals surface area contributed by atoms with Crippen LogP contribution >= 0.6 is 11.6 Å². The van der Waals surface area contributed by atoms with Crippen LogP contribution in [0.3, 0.4) is 0 Å². The van der Waals surface area contributed by atoms with Crippen LogP contribution in [0, 0.1) is 11.7 Å². The number of rotatable bonds is 5. The minimum atomic E-state index is -0.578. The van der Waals surface area contributed by atoms with E-state index in [1.54, 1.807) is 19.2 Å². The number of carbonyl (C=O) groups excluding carboxylic acids is 3. The summed E-state index contributed by atoms with van der Waals surface area (Å²) in [6, 6.07) is 12.4. The highest BCUT2D eigenvalue weighted by Crippen LogP contribution is 2.34. The lowest BCUT2D eigenvalue weighted by molar-refractivity contribution is -0.138. The molecule has 2 aliphatic heterocycles. The first-order chi connectivity index (χ1) is 17.8. The van der Waals surface area contributed by atoms with E-state index in [9.17, 15) is 18.8 Å². The lowest BCUT2D eigenvalue weighted by Crippen LogP contribution is -2.45. The van der Waals surface area contributed by atoms with E-state index in [0.717, 1.165) is 17.6 Å². The maximum Gasteiger partial charge on any atom is 0.415 e. The average Bonchev–Trinajstić information content (AvgIpc) is 3.67. The van der Waals surface area contributed by atoms with E-state index in [1.165, 1.54) is 29.2 Å². The zero-order valence-electron chi connectivity index (χ0n) is 20.6. The van der Waals surface area contributed by atoms with E-state index in [1.807, 2.05) is 28.0 Å². The van der Waals surface area contributed by atoms with Gasteiger partial charge in [0.25, 0.3) is 0 Å². The summed E-state index contributed by atoms with van der Waals surface area (Å²) in [5.74, 6) is -0.305. The third kappa shape index (κ3) is 5.64. The van der Waals surface area contributed by atoms with Crippen molar-refractivity contribution in [3.63, 3.8) is 0 Å². The molecule has 0 bridgehead atoms. The summed E-state index contributed by atoms with van der Waals surface area (Å²) < 4.78 is 18.7. The van der Waals surface area contributed by atoms with Gasteiger partial charge < -0.3 is 19.4 Å². The third-order valence-electron chi connectivity index (χ3n) is 7.52. The molecular formula is C28H29ClFN3O4. The molecule has 0 saturated carbocycles. The van der Waals surface area contributed by atoms with Gasteiger partial charge in [-0.2, -0.15) is 0 Å². The van der Waals surface area contributed by atoms with Crippen LogP contribution in [-0.4, -0.2) is 71.9 Å². The largest absolute Gasteiger partial charge is 0.415 e. The maximum absolute atomic E-state index is 13.5. The second-order valence-corrected chi connectivity index (χ2v) is 10.3. The molecule has 0 radical (unpaired) electrons. The van der Waals surface area contributed by atoms with Crippen molar-refractivity contribution < 1.29 is 23.5 Å². The lowest BCUT2D eigenvalue weighted by atomic mass is 9.93. The molecule has 3 amide bonds. The van der Waals surface area contributed by atoms with Crippen LogP contribution in [0.5, 0.6) is 5.75 Å². The number of allylic oxidation sites excluding steroid dienone is 1. The molecule has 7 nitrogen and oxygen atoms in total. The third-order valence-corrected chi connectivity index (χ3v) is 7.77. The maximum atomic E-state index is 13.5. The van der Waals surface area contributed by atoms with Gasteiger partial charge in [-0.3, -0.25) is 9.59 Å². The fraction of sp³-hybridized carbons (Fsp3) is 0.393. The van der Waals surface area contributed by atoms with E-state index in [0.29, 0.717) is 44.0 Å². The Labute approximate surface area is 220 Å². The molecule has 37 heavy (non-hydrogen) atoms. The SMILES string of the molecule is CN(C(=O)Oc1ccc(F)cc1)[C@H]1CN(C(=O)C2CCN(C(=O)C3=CC3)CC2)C[C@@H]1c1ccc(Cl)cc1. The zero-order chi connectivity index (χ0) is 26.1. The molecule has 2 heterocycles. The van der Waals surface area contributed by atoms with Gasteiger partial charge in [0.1, 0.15) is 11.6 Å². The summed E-state index contributed by atoms with van der Waals surface area (Å²) in [6.07, 6.45) is 3.39. The van der Waals surface area contributed by atoms with Gasteiger partial charge in [0.2, 0.25) is 11.8 Å². The van der Waals surface area contributed by atoms with Gasteiger partial charge in [-0.1, -0.05) is 29.8 Å². The summed E-state index contributed by atoms with van der Waals surface area (Å²) >= 11 is 6.10. The standard InChI is InChI=1S/C28H29ClFN3O4/c1-31(28(36)37-23-10-8-22(30)9-11-23)25-17-33(16-24(25)18-4-6-21(29)7-5-18)27(35)20-12-14-32(15-13-20)26(34)19-2-3-19/h2,4-11,20,24-25H,3,12-17H2,1H3/t24-,25+/m1/s1. The van der Waals surface area contributed by atoms with E-state index in [2.05, 4.69) is 0 Å². The van der Waals surface area contributed by atoms with Crippen LogP contribution in [0.2, 0.25) is 5.02 Å². The van der Waals surface area contributed by atoms with Gasteiger partial charge in [0, 0.05) is 55.7 Å². The summed E-state index contributed by atoms with van der Waals surface area (Å²) in [5, 5.41) is 0.610. The highest BCUT2D eigenvalue weighted by molar-refractivity contribution is 6.30. The number of amides is 3. The normalized spacial score (nSPS) is 21.4. The minimum Gasteiger partial charge on any atom is -0.410 e. The van der Waals surface area contributed by atoms with E-state index >= 15 is 0 Å². The van der Waals surface area contributed by atoms with Gasteiger partial charge in [-0.15, -0.1) is 0 Å². The van der Waals surface area contributed by atoms with Crippen LogP contribution in [0.4, 0.5) is 9.18 Å². The molecule has 2 aromatic rings. The first-order valence-corrected chi connectivity index (χ1v) is 12.9. The number of benzene rings is 2. The van der Waals surface area contributed by atoms with E-state index in [4.69, 9.17) is 16.3 Å². The number of halogens is 2. The van der Waals surface area contributed by atoms with Gasteiger partial charge >= 0.3 is 6.09 Å². The smallest absolute Gasteiger partial charge is 0.410 e. The zero-order valence-corrected chi connectivity index (χ0v) is 21.4. The molecule has 2 saturated heterocycles. The summed E-state index contributed by atoms with van der Waals surface area (Å²) in [5.41, 5.74) is 1.85. The van der Waals surface area contributed by atoms with Crippen LogP contribution in [0.15, 0.2) is 60.2 Å². The van der Waals surface area contributed by atoms with Gasteiger partial charge in [0.15, 0.2) is 0 Å². The van der Waals surface area contributed by atoms with Crippen LogP contribution < -0.4 is 4.74 Å². The Hall–Kier alpha value is -3.39. The van der Waals surface area contributed by atoms with Crippen LogP contribution in [0.1, 0.15) is 30.7 Å². The van der Waals surface area contributed by atoms with Crippen molar-refractivity contribution in [2.75, 3.05) is 33.2 Å². The molecule has 0 N–H and O–H groups in total. The van der Waals surface area contributed by atoms with Crippen molar-refractivity contribution in [3.05, 3.63) is 76.6 Å². The molecule has 2 aromatic carbocycles. The van der Waals surface area contributed by atoms with Crippen molar-refractivity contribution in [2.45, 2.75) is 31.2 Å². The van der Waals surface area contributed by atoms with Gasteiger partial charge in [-0.05, 0) is 61.2 Å². The molecular weight excluding hydrogens is 497 g/mol. The average molecular weight is 526 g/mol. The molecule has 1 aliphatic carbocycles. The predicted molar refractivity (Wildman–Crippen MR) is 137 cm³/mol. The van der Waals surface area contributed by atoms with Crippen molar-refractivity contribution in [1.29, 1.82) is 0 Å². The molecule has 3 aliphatic rings. The minimum absolute atomic E-state index is 0.0551. The lowest BCUT2D eigenvalue weighted by Gasteiger charge is -2.33. The number of hydrogen-bond donors (Lipinski definition) is 0. The van der Waals surface area contributed by atoms with Crippen LogP contribution in [-0.2, 0) is 9.59 Å². The van der Waals surface area contributed by atoms with Crippen molar-refractivity contribution in [1.82, 2.24) is 14.7 Å². The summed E-state index contributed by atoms with van der Waals surface area (Å²) in [7, 11) is 1.66. The summed E-state index contributed by atoms with van der Waals surface area (Å²) in [6.45, 7) is 1.99. The van der Waals surface area contributed by atoms with Crippen LogP contribution in [0.25, 0.3) is 0 Å². The number of likely N-dealkylation sites (N-methyl/N-ethyl adjacent to an activating group) is 1. The Morgan fingerprint density at radius 3 is 2.24 bits per heavy atom. The highest BCUT2D eigenvalue weighted by atomic mass is 35.5. The first kappa shape index (κ1) is 25.3. The quantitative estimate of drug-likeness (QED) is 0.577. The predicted octanol–water partition coefficient (Wildman–Crippen LogP) is 4.47. The molecule has 0 aromatic heterocycles. The summed E-state index contributed by atoms with van der Waals surface area (Å²) in [4.78, 5) is 44.0. The second kappa shape index (κ2) is 10.5. The molecule has 194 valence electrons. The molecule has 0 spiro atoms. The Bertz CT molecular complexity index is 1210. The number of hydrogen-bond acceptors (Lipinski definition) is 4. The number of nitrogens with zero attached hydrogens (tertiary/aromatic N) is 3. The monoisotopic (exact) mass is 525 g/mol. The van der Waals surface area contributed by atoms with Crippen molar-refractivity contribution in [3.8, 4) is 5.75 Å². The molecule has 2 atom stereocenters. The Morgan fingerprint density at radius 2 is 1.62 bits per heavy atom. The Balaban J connectivity index is 1.28. The number of ether oxygens (including phenoxy) is 1. The van der Waals surface area contributed by atoms with Crippen molar-refractivity contribution in [2.24, 2.45) is 5.92 Å². The molecule has 0 unspecified atom stereocenters. The first-order valence-electron chi connectivity index (χ1n) is 12.5. The molecule has 9 heteroatoms. The second-order valence-electron chi connectivity index (χ2n) is 9.90. The van der Waals surface area contributed by atoms with Gasteiger partial charge in [0.05, 0.1) is 6.04 Å². The fourth-order valence-electron chi connectivity index (χ4n) is 5.22. The number of likely N-dealkylation sites (tertiary alicyclic amines) is 2. The Morgan fingerprint density at radius 1 is 0.973 bits per heavy atom. The topological polar surface area (TPSA) is 70.2 Å². The highest BCUT2D eigenvalue weighted by Gasteiger charge is 2.42. The Kier molecular flexibility index (Phi) is 7.20. The van der Waals surface area contributed by atoms with Crippen molar-refractivity contribution >= 4 is 29.5 Å². The number of carbonyl (C=O) groups is 3. The molecule has 5 rings (SSSR count). The van der Waals surface area contributed by atoms with E-state index in [-0.39, 0.29) is 35.4 Å². The van der Waals surface area contributed by atoms with E-state index < -0.39 is 11.9 Å².